The number of anilines is 1. The molecule has 1 saturated carbocycles. The summed E-state index contributed by atoms with van der Waals surface area (Å²) in [6.07, 6.45) is 5.51. The molecule has 0 radical (unpaired) electrons. The normalized spacial score (nSPS) is 23.3. The van der Waals surface area contributed by atoms with Gasteiger partial charge in [-0.3, -0.25) is 0 Å². The summed E-state index contributed by atoms with van der Waals surface area (Å²) in [6.45, 7) is 1.45. The Hall–Kier alpha value is -0.930. The first-order valence-electron chi connectivity index (χ1n) is 6.63. The molecule has 0 aromatic heterocycles. The molecule has 2 aliphatic rings. The van der Waals surface area contributed by atoms with Gasteiger partial charge in [0, 0.05) is 11.1 Å². The Morgan fingerprint density at radius 3 is 3.00 bits per heavy atom. The van der Waals surface area contributed by atoms with Crippen LogP contribution in [0.3, 0.4) is 0 Å². The lowest BCUT2D eigenvalue weighted by Gasteiger charge is -2.28. The predicted octanol–water partition coefficient (Wildman–Crippen LogP) is 3.47. The molecule has 0 saturated heterocycles. The number of rotatable bonds is 3. The van der Waals surface area contributed by atoms with E-state index in [2.05, 4.69) is 5.32 Å². The third-order valence-electron chi connectivity index (χ3n) is 3.58. The van der Waals surface area contributed by atoms with Crippen molar-refractivity contribution in [1.82, 2.24) is 0 Å². The molecule has 0 amide bonds. The van der Waals surface area contributed by atoms with Crippen molar-refractivity contribution in [3.63, 3.8) is 0 Å². The molecule has 1 fully saturated rings. The molecule has 18 heavy (non-hydrogen) atoms. The highest BCUT2D eigenvalue weighted by Gasteiger charge is 2.22. The summed E-state index contributed by atoms with van der Waals surface area (Å²) in [5.74, 6) is 0.828. The summed E-state index contributed by atoms with van der Waals surface area (Å²) in [4.78, 5) is 0. The summed E-state index contributed by atoms with van der Waals surface area (Å²) in [5.41, 5.74) is 1.01. The van der Waals surface area contributed by atoms with Crippen molar-refractivity contribution >= 4 is 17.3 Å². The molecular weight excluding hydrogens is 250 g/mol. The SMILES string of the molecule is Clc1ccc2c(c1)OC(COC1CCCC1)CN2. The van der Waals surface area contributed by atoms with E-state index in [1.807, 2.05) is 18.2 Å². The maximum atomic E-state index is 5.97. The van der Waals surface area contributed by atoms with Gasteiger partial charge in [-0.1, -0.05) is 24.4 Å². The Morgan fingerprint density at radius 2 is 2.17 bits per heavy atom. The van der Waals surface area contributed by atoms with Gasteiger partial charge >= 0.3 is 0 Å². The number of fused-ring (bicyclic) bond motifs is 1. The van der Waals surface area contributed by atoms with Crippen molar-refractivity contribution in [3.05, 3.63) is 23.2 Å². The molecule has 1 aliphatic carbocycles. The minimum atomic E-state index is 0.0802. The number of nitrogens with one attached hydrogen (secondary N) is 1. The third kappa shape index (κ3) is 2.73. The van der Waals surface area contributed by atoms with E-state index in [1.54, 1.807) is 0 Å². The molecule has 4 heteroatoms. The molecule has 1 aliphatic heterocycles. The smallest absolute Gasteiger partial charge is 0.144 e. The maximum absolute atomic E-state index is 5.97. The predicted molar refractivity (Wildman–Crippen MR) is 72.6 cm³/mol. The van der Waals surface area contributed by atoms with Crippen LogP contribution in [0.25, 0.3) is 0 Å². The molecule has 1 aromatic carbocycles. The molecule has 98 valence electrons. The van der Waals surface area contributed by atoms with Crippen LogP contribution < -0.4 is 10.1 Å². The minimum Gasteiger partial charge on any atom is -0.484 e. The quantitative estimate of drug-likeness (QED) is 0.910. The Morgan fingerprint density at radius 1 is 1.33 bits per heavy atom. The van der Waals surface area contributed by atoms with Crippen LogP contribution in [-0.4, -0.2) is 25.4 Å². The highest BCUT2D eigenvalue weighted by molar-refractivity contribution is 6.30. The van der Waals surface area contributed by atoms with Crippen LogP contribution in [0.4, 0.5) is 5.69 Å². The third-order valence-corrected chi connectivity index (χ3v) is 3.81. The first-order chi connectivity index (χ1) is 8.81. The van der Waals surface area contributed by atoms with Crippen LogP contribution in [0.1, 0.15) is 25.7 Å². The van der Waals surface area contributed by atoms with Gasteiger partial charge in [-0.25, -0.2) is 0 Å². The molecule has 1 heterocycles. The summed E-state index contributed by atoms with van der Waals surface area (Å²) in [7, 11) is 0. The molecule has 3 rings (SSSR count). The van der Waals surface area contributed by atoms with E-state index in [-0.39, 0.29) is 6.10 Å². The number of hydrogen-bond donors (Lipinski definition) is 1. The summed E-state index contributed by atoms with van der Waals surface area (Å²) >= 11 is 5.97. The van der Waals surface area contributed by atoms with Gasteiger partial charge in [0.1, 0.15) is 11.9 Å². The van der Waals surface area contributed by atoms with Crippen molar-refractivity contribution in [2.75, 3.05) is 18.5 Å². The average Bonchev–Trinajstić information content (AvgIpc) is 2.89. The van der Waals surface area contributed by atoms with Gasteiger partial charge < -0.3 is 14.8 Å². The Kier molecular flexibility index (Phi) is 3.62. The largest absolute Gasteiger partial charge is 0.484 e. The number of hydrogen-bond acceptors (Lipinski definition) is 3. The fraction of sp³-hybridized carbons (Fsp3) is 0.571. The Bertz CT molecular complexity index is 418. The fourth-order valence-electron chi connectivity index (χ4n) is 2.58. The van der Waals surface area contributed by atoms with Crippen molar-refractivity contribution in [3.8, 4) is 5.75 Å². The summed E-state index contributed by atoms with van der Waals surface area (Å²) < 4.78 is 11.8. The van der Waals surface area contributed by atoms with Gasteiger partial charge in [-0.05, 0) is 25.0 Å². The molecule has 0 spiro atoms. The minimum absolute atomic E-state index is 0.0802. The topological polar surface area (TPSA) is 30.5 Å². The zero-order valence-electron chi connectivity index (χ0n) is 10.3. The first kappa shape index (κ1) is 12.1. The van der Waals surface area contributed by atoms with Crippen LogP contribution in [-0.2, 0) is 4.74 Å². The van der Waals surface area contributed by atoms with E-state index in [0.29, 0.717) is 17.7 Å². The molecule has 3 nitrogen and oxygen atoms in total. The van der Waals surface area contributed by atoms with Crippen molar-refractivity contribution in [1.29, 1.82) is 0 Å². The van der Waals surface area contributed by atoms with Crippen molar-refractivity contribution < 1.29 is 9.47 Å². The van der Waals surface area contributed by atoms with Crippen molar-refractivity contribution in [2.24, 2.45) is 0 Å². The van der Waals surface area contributed by atoms with E-state index in [1.165, 1.54) is 25.7 Å². The lowest BCUT2D eigenvalue weighted by Crippen LogP contribution is -2.35. The van der Waals surface area contributed by atoms with Gasteiger partial charge in [0.2, 0.25) is 0 Å². The van der Waals surface area contributed by atoms with Crippen molar-refractivity contribution in [2.45, 2.75) is 37.9 Å². The molecule has 0 bridgehead atoms. The number of benzene rings is 1. The lowest BCUT2D eigenvalue weighted by atomic mass is 10.2. The molecule has 1 N–H and O–H groups in total. The van der Waals surface area contributed by atoms with Gasteiger partial charge in [0.25, 0.3) is 0 Å². The molecular formula is C14H18ClNO2. The van der Waals surface area contributed by atoms with Gasteiger partial charge in [-0.15, -0.1) is 0 Å². The van der Waals surface area contributed by atoms with E-state index < -0.39 is 0 Å². The second kappa shape index (κ2) is 5.37. The second-order valence-electron chi connectivity index (χ2n) is 5.00. The van der Waals surface area contributed by atoms with E-state index in [0.717, 1.165) is 18.0 Å². The van der Waals surface area contributed by atoms with Crippen LogP contribution in [0.5, 0.6) is 5.75 Å². The fourth-order valence-corrected chi connectivity index (χ4v) is 2.74. The van der Waals surface area contributed by atoms with Crippen LogP contribution in [0.15, 0.2) is 18.2 Å². The number of ether oxygens (including phenoxy) is 2. The van der Waals surface area contributed by atoms with Crippen LogP contribution in [0.2, 0.25) is 5.02 Å². The van der Waals surface area contributed by atoms with E-state index in [9.17, 15) is 0 Å². The summed E-state index contributed by atoms with van der Waals surface area (Å²) in [5, 5.41) is 4.05. The van der Waals surface area contributed by atoms with Crippen LogP contribution in [0, 0.1) is 0 Å². The lowest BCUT2D eigenvalue weighted by molar-refractivity contribution is 0.00588. The van der Waals surface area contributed by atoms with Crippen LogP contribution >= 0.6 is 11.6 Å². The highest BCUT2D eigenvalue weighted by atomic mass is 35.5. The molecule has 1 unspecified atom stereocenters. The Balaban J connectivity index is 1.56. The van der Waals surface area contributed by atoms with Gasteiger partial charge in [0.15, 0.2) is 0 Å². The molecule has 1 atom stereocenters. The monoisotopic (exact) mass is 267 g/mol. The van der Waals surface area contributed by atoms with E-state index >= 15 is 0 Å². The highest BCUT2D eigenvalue weighted by Crippen LogP contribution is 2.32. The zero-order chi connectivity index (χ0) is 12.4. The molecule has 1 aromatic rings. The van der Waals surface area contributed by atoms with E-state index in [4.69, 9.17) is 21.1 Å². The zero-order valence-corrected chi connectivity index (χ0v) is 11.1. The standard InChI is InChI=1S/C14H18ClNO2/c15-10-5-6-13-14(7-10)18-12(8-16-13)9-17-11-3-1-2-4-11/h5-7,11-12,16H,1-4,8-9H2. The Labute approximate surface area is 112 Å². The average molecular weight is 268 g/mol. The summed E-state index contributed by atoms with van der Waals surface area (Å²) in [6, 6.07) is 5.67. The van der Waals surface area contributed by atoms with Gasteiger partial charge in [-0.2, -0.15) is 0 Å². The first-order valence-corrected chi connectivity index (χ1v) is 7.01. The maximum Gasteiger partial charge on any atom is 0.144 e. The second-order valence-corrected chi connectivity index (χ2v) is 5.44. The number of halogens is 1. The van der Waals surface area contributed by atoms with Gasteiger partial charge in [0.05, 0.1) is 24.9 Å².